The van der Waals surface area contributed by atoms with Crippen molar-refractivity contribution in [3.63, 3.8) is 0 Å². The lowest BCUT2D eigenvalue weighted by Crippen LogP contribution is -2.08. The molecular weight excluding hydrogens is 468 g/mol. The molecule has 38 heavy (non-hydrogen) atoms. The smallest absolute Gasteiger partial charge is 0.149 e. The van der Waals surface area contributed by atoms with Crippen molar-refractivity contribution in [1.82, 2.24) is 19.5 Å². The van der Waals surface area contributed by atoms with E-state index in [4.69, 9.17) is 19.4 Å². The highest BCUT2D eigenvalue weighted by molar-refractivity contribution is 6.20. The van der Waals surface area contributed by atoms with E-state index in [1.165, 1.54) is 16.8 Å². The van der Waals surface area contributed by atoms with Crippen molar-refractivity contribution in [2.24, 2.45) is 0 Å². The standard InChI is InChI=1S/C33H28N4O/c1-19(2)21-11-9-12-22(20(3)4)31(21)37-27-14-7-6-13-25(27)36-33(37)24-18-26-30(35-17-16-34-26)29-23-10-5-8-15-28(23)38-32(24)29/h5-20H,1-4H3. The Labute approximate surface area is 220 Å². The van der Waals surface area contributed by atoms with Crippen molar-refractivity contribution in [3.8, 4) is 17.1 Å². The molecule has 0 radical (unpaired) electrons. The lowest BCUT2D eigenvalue weighted by Gasteiger charge is -2.22. The van der Waals surface area contributed by atoms with Crippen LogP contribution in [-0.4, -0.2) is 19.5 Å². The molecule has 7 aromatic rings. The summed E-state index contributed by atoms with van der Waals surface area (Å²) in [7, 11) is 0. The number of aromatic nitrogens is 4. The van der Waals surface area contributed by atoms with Crippen LogP contribution in [0.1, 0.15) is 50.7 Å². The van der Waals surface area contributed by atoms with E-state index in [9.17, 15) is 0 Å². The summed E-state index contributed by atoms with van der Waals surface area (Å²) >= 11 is 0. The van der Waals surface area contributed by atoms with Crippen LogP contribution in [0, 0.1) is 0 Å². The quantitative estimate of drug-likeness (QED) is 0.244. The van der Waals surface area contributed by atoms with Crippen molar-refractivity contribution in [1.29, 1.82) is 0 Å². The van der Waals surface area contributed by atoms with Gasteiger partial charge in [-0.25, -0.2) is 4.98 Å². The second-order valence-electron chi connectivity index (χ2n) is 10.5. The molecule has 0 N–H and O–H groups in total. The van der Waals surface area contributed by atoms with Crippen LogP contribution < -0.4 is 0 Å². The first-order valence-electron chi connectivity index (χ1n) is 13.2. The number of imidazole rings is 1. The summed E-state index contributed by atoms with van der Waals surface area (Å²) in [5, 5.41) is 2.00. The monoisotopic (exact) mass is 496 g/mol. The predicted octanol–water partition coefficient (Wildman–Crippen LogP) is 8.78. The van der Waals surface area contributed by atoms with E-state index in [0.717, 1.165) is 55.4 Å². The van der Waals surface area contributed by atoms with Gasteiger partial charge in [-0.1, -0.05) is 76.2 Å². The van der Waals surface area contributed by atoms with Gasteiger partial charge in [0.25, 0.3) is 0 Å². The van der Waals surface area contributed by atoms with E-state index >= 15 is 0 Å². The molecule has 3 heterocycles. The number of nitrogens with zero attached hydrogens (tertiary/aromatic N) is 4. The van der Waals surface area contributed by atoms with E-state index in [1.807, 2.05) is 24.3 Å². The van der Waals surface area contributed by atoms with Gasteiger partial charge in [0.15, 0.2) is 0 Å². The third kappa shape index (κ3) is 3.28. The Balaban J connectivity index is 1.69. The zero-order valence-electron chi connectivity index (χ0n) is 21.9. The average Bonchev–Trinajstić information content (AvgIpc) is 3.51. The fraction of sp³-hybridized carbons (Fsp3) is 0.182. The van der Waals surface area contributed by atoms with Crippen LogP contribution >= 0.6 is 0 Å². The van der Waals surface area contributed by atoms with Gasteiger partial charge in [-0.2, -0.15) is 0 Å². The summed E-state index contributed by atoms with van der Waals surface area (Å²) in [4.78, 5) is 14.7. The first-order chi connectivity index (χ1) is 18.5. The van der Waals surface area contributed by atoms with Gasteiger partial charge in [0, 0.05) is 17.8 Å². The Morgan fingerprint density at radius 2 is 1.45 bits per heavy atom. The van der Waals surface area contributed by atoms with Crippen molar-refractivity contribution >= 4 is 44.0 Å². The summed E-state index contributed by atoms with van der Waals surface area (Å²) in [6.45, 7) is 9.02. The van der Waals surface area contributed by atoms with Crippen LogP contribution in [-0.2, 0) is 0 Å². The number of benzene rings is 4. The number of para-hydroxylation sites is 4. The van der Waals surface area contributed by atoms with E-state index < -0.39 is 0 Å². The molecule has 0 unspecified atom stereocenters. The first-order valence-corrected chi connectivity index (χ1v) is 13.2. The third-order valence-electron chi connectivity index (χ3n) is 7.45. The molecule has 0 fully saturated rings. The number of hydrogen-bond donors (Lipinski definition) is 0. The fourth-order valence-corrected chi connectivity index (χ4v) is 5.69. The second-order valence-corrected chi connectivity index (χ2v) is 10.5. The van der Waals surface area contributed by atoms with Crippen molar-refractivity contribution in [2.75, 3.05) is 0 Å². The predicted molar refractivity (Wildman–Crippen MR) is 155 cm³/mol. The van der Waals surface area contributed by atoms with Crippen LogP contribution in [0.15, 0.2) is 89.6 Å². The Morgan fingerprint density at radius 3 is 2.24 bits per heavy atom. The van der Waals surface area contributed by atoms with Crippen LogP contribution in [0.5, 0.6) is 0 Å². The van der Waals surface area contributed by atoms with Gasteiger partial charge in [-0.15, -0.1) is 0 Å². The van der Waals surface area contributed by atoms with Gasteiger partial charge in [0.1, 0.15) is 22.5 Å². The number of rotatable bonds is 4. The maximum Gasteiger partial charge on any atom is 0.149 e. The minimum absolute atomic E-state index is 0.339. The molecule has 4 aromatic carbocycles. The molecule has 7 rings (SSSR count). The van der Waals surface area contributed by atoms with Gasteiger partial charge < -0.3 is 4.42 Å². The van der Waals surface area contributed by atoms with Crippen molar-refractivity contribution in [3.05, 3.63) is 96.3 Å². The highest BCUT2D eigenvalue weighted by Crippen LogP contribution is 2.42. The van der Waals surface area contributed by atoms with Crippen LogP contribution in [0.4, 0.5) is 0 Å². The van der Waals surface area contributed by atoms with E-state index in [1.54, 1.807) is 12.4 Å². The average molecular weight is 497 g/mol. The maximum atomic E-state index is 6.57. The van der Waals surface area contributed by atoms with Crippen LogP contribution in [0.2, 0.25) is 0 Å². The normalized spacial score (nSPS) is 12.2. The molecule has 0 saturated carbocycles. The lowest BCUT2D eigenvalue weighted by molar-refractivity contribution is 0.669. The van der Waals surface area contributed by atoms with Crippen LogP contribution in [0.25, 0.3) is 61.1 Å². The summed E-state index contributed by atoms with van der Waals surface area (Å²) in [6.07, 6.45) is 3.49. The highest BCUT2D eigenvalue weighted by Gasteiger charge is 2.25. The van der Waals surface area contributed by atoms with E-state index in [-0.39, 0.29) is 0 Å². The summed E-state index contributed by atoms with van der Waals surface area (Å²) in [5.74, 6) is 1.52. The molecule has 0 saturated heterocycles. The fourth-order valence-electron chi connectivity index (χ4n) is 5.69. The molecule has 5 nitrogen and oxygen atoms in total. The van der Waals surface area contributed by atoms with Gasteiger partial charge in [0.05, 0.1) is 33.2 Å². The summed E-state index contributed by atoms with van der Waals surface area (Å²) < 4.78 is 8.90. The zero-order chi connectivity index (χ0) is 26.0. The zero-order valence-corrected chi connectivity index (χ0v) is 21.9. The van der Waals surface area contributed by atoms with Crippen LogP contribution in [0.3, 0.4) is 0 Å². The first kappa shape index (κ1) is 22.7. The molecule has 0 aliphatic rings. The van der Waals surface area contributed by atoms with Gasteiger partial charge in [0.2, 0.25) is 0 Å². The Bertz CT molecular complexity index is 1970. The summed E-state index contributed by atoms with van der Waals surface area (Å²) in [5.41, 5.74) is 9.98. The van der Waals surface area contributed by atoms with E-state index in [0.29, 0.717) is 11.8 Å². The third-order valence-corrected chi connectivity index (χ3v) is 7.45. The minimum Gasteiger partial charge on any atom is -0.455 e. The second kappa shape index (κ2) is 8.52. The minimum atomic E-state index is 0.339. The number of fused-ring (bicyclic) bond motifs is 6. The maximum absolute atomic E-state index is 6.57. The molecule has 0 atom stereocenters. The topological polar surface area (TPSA) is 56.7 Å². The molecule has 3 aromatic heterocycles. The molecule has 5 heteroatoms. The molecule has 186 valence electrons. The molecule has 0 amide bonds. The van der Waals surface area contributed by atoms with Gasteiger partial charge in [-0.05, 0) is 47.2 Å². The number of hydrogen-bond acceptors (Lipinski definition) is 4. The van der Waals surface area contributed by atoms with Crippen molar-refractivity contribution < 1.29 is 4.42 Å². The molecule has 0 aliphatic carbocycles. The molecule has 0 aliphatic heterocycles. The Morgan fingerprint density at radius 1 is 0.737 bits per heavy atom. The van der Waals surface area contributed by atoms with Crippen molar-refractivity contribution in [2.45, 2.75) is 39.5 Å². The Kier molecular flexibility index (Phi) is 5.08. The number of furan rings is 1. The van der Waals surface area contributed by atoms with Gasteiger partial charge >= 0.3 is 0 Å². The highest BCUT2D eigenvalue weighted by atomic mass is 16.3. The molecular formula is C33H28N4O. The summed E-state index contributed by atoms with van der Waals surface area (Å²) in [6, 6.07) is 25.2. The lowest BCUT2D eigenvalue weighted by atomic mass is 9.92. The SMILES string of the molecule is CC(C)c1cccc(C(C)C)c1-n1c(-c2cc3nccnc3c3c2oc2ccccc23)nc2ccccc21. The van der Waals surface area contributed by atoms with Gasteiger partial charge in [-0.3, -0.25) is 14.5 Å². The van der Waals surface area contributed by atoms with E-state index in [2.05, 4.69) is 80.8 Å². The largest absolute Gasteiger partial charge is 0.455 e. The molecule has 0 spiro atoms. The Hall–Kier alpha value is -4.51. The molecule has 0 bridgehead atoms.